The summed E-state index contributed by atoms with van der Waals surface area (Å²) < 4.78 is 119. The third-order valence-corrected chi connectivity index (χ3v) is 11.9. The molecule has 3 atom stereocenters. The number of ether oxygens (including phenoxy) is 3. The van der Waals surface area contributed by atoms with Gasteiger partial charge in [0.15, 0.2) is 15.9 Å². The number of carbonyl (C=O) groups is 3. The number of carbonyl (C=O) groups excluding carboxylic acids is 3. The largest absolute Gasteiger partial charge is 0.743 e. The lowest BCUT2D eigenvalue weighted by Crippen LogP contribution is -2.52. The van der Waals surface area contributed by atoms with Crippen molar-refractivity contribution in [2.75, 3.05) is 0 Å². The van der Waals surface area contributed by atoms with Gasteiger partial charge in [-0.05, 0) is 112 Å². The molecular weight excluding hydrogens is 933 g/mol. The van der Waals surface area contributed by atoms with Gasteiger partial charge in [0.05, 0.1) is 15.4 Å². The molecule has 51 heavy (non-hydrogen) atoms. The molecule has 3 aromatic rings. The fraction of sp³-hybridized carbons (Fsp3) is 0.382. The normalized spacial score (nSPS) is 22.8. The van der Waals surface area contributed by atoms with E-state index in [1.54, 1.807) is 69.4 Å². The Kier molecular flexibility index (Phi) is 10.0. The minimum atomic E-state index is -6.97. The van der Waals surface area contributed by atoms with Crippen LogP contribution >= 0.6 is 45.2 Å². The highest BCUT2D eigenvalue weighted by Crippen LogP contribution is 2.59. The number of alkyl halides is 5. The van der Waals surface area contributed by atoms with E-state index in [1.807, 2.05) is 31.2 Å². The van der Waals surface area contributed by atoms with Crippen LogP contribution in [-0.2, 0) is 29.2 Å². The summed E-state index contributed by atoms with van der Waals surface area (Å²) in [6, 6.07) is 16.7. The van der Waals surface area contributed by atoms with Gasteiger partial charge in [0, 0.05) is 15.4 Å². The van der Waals surface area contributed by atoms with Crippen molar-refractivity contribution in [2.24, 2.45) is 11.8 Å². The molecule has 7 rings (SSSR count). The SMILES string of the molecule is CC1(OC(=O)C2C3c4ccccc4C(c4ccccc43)C2C(=O)Oc2c(I)cc(I)cc2C(=O)OC(C(F)(F)F)C(F)(F)S(=O)(=O)[O-])CCCC1. The molecule has 9 nitrogen and oxygen atoms in total. The molecule has 0 saturated heterocycles. The first-order valence-corrected chi connectivity index (χ1v) is 19.0. The second-order valence-corrected chi connectivity index (χ2v) is 16.7. The third-order valence-electron chi connectivity index (χ3n) is 9.58. The van der Waals surface area contributed by atoms with Crippen LogP contribution in [-0.4, -0.2) is 54.0 Å². The van der Waals surface area contributed by atoms with Crippen LogP contribution in [0, 0.1) is 19.0 Å². The zero-order valence-electron chi connectivity index (χ0n) is 26.2. The van der Waals surface area contributed by atoms with Crippen LogP contribution in [0.25, 0.3) is 0 Å². The third kappa shape index (κ3) is 6.87. The summed E-state index contributed by atoms with van der Waals surface area (Å²) in [4.78, 5) is 41.9. The molecule has 1 saturated carbocycles. The molecule has 272 valence electrons. The van der Waals surface area contributed by atoms with Gasteiger partial charge in [0.2, 0.25) is 0 Å². The highest BCUT2D eigenvalue weighted by Gasteiger charge is 2.63. The van der Waals surface area contributed by atoms with Gasteiger partial charge in [-0.3, -0.25) is 9.59 Å². The van der Waals surface area contributed by atoms with Gasteiger partial charge in [-0.2, -0.15) is 22.0 Å². The van der Waals surface area contributed by atoms with E-state index in [1.165, 1.54) is 6.07 Å². The van der Waals surface area contributed by atoms with E-state index in [9.17, 15) is 49.3 Å². The van der Waals surface area contributed by atoms with Crippen molar-refractivity contribution >= 4 is 73.2 Å². The molecule has 0 radical (unpaired) electrons. The van der Waals surface area contributed by atoms with Crippen LogP contribution < -0.4 is 4.74 Å². The predicted molar refractivity (Wildman–Crippen MR) is 184 cm³/mol. The predicted octanol–water partition coefficient (Wildman–Crippen LogP) is 7.43. The molecular formula is C34H26F5I2O9S-. The van der Waals surface area contributed by atoms with Crippen LogP contribution in [0.4, 0.5) is 22.0 Å². The molecule has 0 N–H and O–H groups in total. The summed E-state index contributed by atoms with van der Waals surface area (Å²) in [6.45, 7) is 1.82. The smallest absolute Gasteiger partial charge is 0.432 e. The zero-order chi connectivity index (χ0) is 37.3. The fourth-order valence-corrected chi connectivity index (χ4v) is 9.79. The lowest BCUT2D eigenvalue weighted by molar-refractivity contribution is -0.248. The summed E-state index contributed by atoms with van der Waals surface area (Å²) in [6.07, 6.45) is -7.99. The maximum Gasteiger partial charge on any atom is 0.432 e. The van der Waals surface area contributed by atoms with Crippen molar-refractivity contribution in [3.63, 3.8) is 0 Å². The highest BCUT2D eigenvalue weighted by atomic mass is 127. The van der Waals surface area contributed by atoms with Gasteiger partial charge in [-0.1, -0.05) is 48.5 Å². The Morgan fingerprint density at radius 2 is 1.31 bits per heavy atom. The fourth-order valence-electron chi connectivity index (χ4n) is 7.39. The first-order valence-electron chi connectivity index (χ1n) is 15.5. The Hall–Kier alpha value is -2.91. The lowest BCUT2D eigenvalue weighted by atomic mass is 9.54. The Morgan fingerprint density at radius 1 is 0.843 bits per heavy atom. The minimum Gasteiger partial charge on any atom is -0.743 e. The van der Waals surface area contributed by atoms with Crippen LogP contribution in [0.2, 0.25) is 0 Å². The molecule has 0 heterocycles. The van der Waals surface area contributed by atoms with Crippen molar-refractivity contribution in [2.45, 2.75) is 67.6 Å². The van der Waals surface area contributed by atoms with Crippen LogP contribution in [0.1, 0.15) is 77.1 Å². The van der Waals surface area contributed by atoms with Gasteiger partial charge < -0.3 is 18.8 Å². The first-order chi connectivity index (χ1) is 23.7. The Balaban J connectivity index is 1.43. The number of fused-ring (bicyclic) bond motifs is 1. The number of benzene rings is 3. The summed E-state index contributed by atoms with van der Waals surface area (Å²) in [7, 11) is -6.97. The van der Waals surface area contributed by atoms with Gasteiger partial charge in [-0.25, -0.2) is 13.2 Å². The highest BCUT2D eigenvalue weighted by molar-refractivity contribution is 14.1. The topological polar surface area (TPSA) is 136 Å². The van der Waals surface area contributed by atoms with E-state index < -0.39 is 86.1 Å². The summed E-state index contributed by atoms with van der Waals surface area (Å²) in [5.74, 6) is -8.42. The van der Waals surface area contributed by atoms with Crippen molar-refractivity contribution in [1.82, 2.24) is 0 Å². The van der Waals surface area contributed by atoms with Crippen LogP contribution in [0.3, 0.4) is 0 Å². The van der Waals surface area contributed by atoms with Crippen molar-refractivity contribution < 1.29 is 63.5 Å². The molecule has 17 heteroatoms. The van der Waals surface area contributed by atoms with Gasteiger partial charge in [-0.15, -0.1) is 0 Å². The van der Waals surface area contributed by atoms with Crippen LogP contribution in [0.5, 0.6) is 5.75 Å². The Morgan fingerprint density at radius 3 is 1.76 bits per heavy atom. The van der Waals surface area contributed by atoms with Crippen molar-refractivity contribution in [1.29, 1.82) is 0 Å². The molecule has 0 spiro atoms. The quantitative estimate of drug-likeness (QED) is 0.0743. The average Bonchev–Trinajstić information content (AvgIpc) is 3.48. The number of hydrogen-bond donors (Lipinski definition) is 0. The molecule has 0 aromatic heterocycles. The van der Waals surface area contributed by atoms with Gasteiger partial charge in [0.25, 0.3) is 6.10 Å². The molecule has 3 unspecified atom stereocenters. The lowest BCUT2D eigenvalue weighted by Gasteiger charge is -2.48. The second-order valence-electron chi connectivity index (χ2n) is 12.9. The summed E-state index contributed by atoms with van der Waals surface area (Å²) >= 11 is 3.27. The molecule has 3 aromatic carbocycles. The summed E-state index contributed by atoms with van der Waals surface area (Å²) in [5, 5.41) is -6.10. The van der Waals surface area contributed by atoms with E-state index in [0.29, 0.717) is 12.8 Å². The van der Waals surface area contributed by atoms with E-state index in [4.69, 9.17) is 9.47 Å². The average molecular weight is 959 g/mol. The second kappa shape index (κ2) is 13.5. The number of esters is 3. The molecule has 0 aliphatic heterocycles. The van der Waals surface area contributed by atoms with Crippen molar-refractivity contribution in [3.05, 3.63) is 95.6 Å². The van der Waals surface area contributed by atoms with E-state index in [2.05, 4.69) is 4.74 Å². The maximum atomic E-state index is 14.5. The minimum absolute atomic E-state index is 0.0362. The number of rotatable bonds is 8. The number of halogens is 7. The summed E-state index contributed by atoms with van der Waals surface area (Å²) in [5.41, 5.74) is 1.33. The van der Waals surface area contributed by atoms with Gasteiger partial charge >= 0.3 is 29.3 Å². The van der Waals surface area contributed by atoms with Crippen LogP contribution in [0.15, 0.2) is 60.7 Å². The monoisotopic (exact) mass is 959 g/mol. The molecule has 4 aliphatic rings. The standard InChI is InChI=1S/C34H27F5I2O9S/c1-32(12-6-7-13-32)50-30(44)26-24-19-10-4-2-8-17(19)23(18-9-3-5-11-20(18)24)25(26)29(43)48-27-21(14-16(40)15-22(27)41)28(42)49-31(33(35,36)37)34(38,39)51(45,46)47/h2-5,8-11,14-15,23-26,31H,6-7,12-13H2,1H3,(H,45,46,47)/p-1. The van der Waals surface area contributed by atoms with E-state index in [-0.39, 0.29) is 7.14 Å². The molecule has 0 amide bonds. The van der Waals surface area contributed by atoms with E-state index in [0.717, 1.165) is 41.2 Å². The van der Waals surface area contributed by atoms with Gasteiger partial charge in [0.1, 0.15) is 11.2 Å². The zero-order valence-corrected chi connectivity index (χ0v) is 31.3. The maximum absolute atomic E-state index is 14.5. The molecule has 2 bridgehead atoms. The molecule has 4 aliphatic carbocycles. The Labute approximate surface area is 315 Å². The first kappa shape index (κ1) is 37.8. The molecule has 1 fully saturated rings. The van der Waals surface area contributed by atoms with Crippen molar-refractivity contribution in [3.8, 4) is 5.75 Å². The Bertz CT molecular complexity index is 1980. The number of hydrogen-bond acceptors (Lipinski definition) is 9. The van der Waals surface area contributed by atoms with E-state index >= 15 is 0 Å².